The van der Waals surface area contributed by atoms with Crippen molar-refractivity contribution in [1.29, 1.82) is 0 Å². The Morgan fingerprint density at radius 2 is 2.71 bits per heavy atom. The summed E-state index contributed by atoms with van der Waals surface area (Å²) in [6, 6.07) is 0. The molecule has 0 aromatic rings. The lowest BCUT2D eigenvalue weighted by Crippen LogP contribution is -1.92. The van der Waals surface area contributed by atoms with Crippen LogP contribution in [-0.2, 0) is 8.98 Å². The summed E-state index contributed by atoms with van der Waals surface area (Å²) in [5, 5.41) is -0.194. The van der Waals surface area contributed by atoms with E-state index in [0.717, 1.165) is 12.0 Å². The van der Waals surface area contributed by atoms with Crippen molar-refractivity contribution in [3.05, 3.63) is 12.3 Å². The van der Waals surface area contributed by atoms with Crippen LogP contribution in [0.25, 0.3) is 0 Å². The Hall–Kier alpha value is -0.440. The fourth-order valence-corrected chi connectivity index (χ4v) is 0.702. The second-order valence-electron chi connectivity index (χ2n) is 1.06. The molecule has 1 radical (unpaired) electrons. The molecule has 0 aromatic carbocycles. The van der Waals surface area contributed by atoms with Crippen LogP contribution in [0.3, 0.4) is 0 Å². The summed E-state index contributed by atoms with van der Waals surface area (Å²) in [4.78, 5) is 9.73. The van der Waals surface area contributed by atoms with Gasteiger partial charge in [-0.25, -0.2) is 0 Å². The van der Waals surface area contributed by atoms with Crippen molar-refractivity contribution in [2.45, 2.75) is 5.25 Å². The highest BCUT2D eigenvalue weighted by atomic mass is 32.2. The average molecular weight is 115 g/mol. The van der Waals surface area contributed by atoms with Crippen LogP contribution in [0, 0.1) is 0 Å². The van der Waals surface area contributed by atoms with Crippen LogP contribution >= 0.6 is 12.0 Å². The summed E-state index contributed by atoms with van der Waals surface area (Å²) >= 11 is 1.11. The summed E-state index contributed by atoms with van der Waals surface area (Å²) < 4.78 is 4.62. The van der Waals surface area contributed by atoms with Crippen molar-refractivity contribution in [3.8, 4) is 0 Å². The molecule has 1 aliphatic rings. The van der Waals surface area contributed by atoms with E-state index in [1.807, 2.05) is 0 Å². The van der Waals surface area contributed by atoms with E-state index in [4.69, 9.17) is 0 Å². The van der Waals surface area contributed by atoms with Crippen molar-refractivity contribution in [2.75, 3.05) is 0 Å². The van der Waals surface area contributed by atoms with Gasteiger partial charge in [0.2, 0.25) is 6.29 Å². The number of carbonyl (C=O) groups excluding carboxylic acids is 1. The van der Waals surface area contributed by atoms with E-state index >= 15 is 0 Å². The average Bonchev–Trinajstić information content (AvgIpc) is 2.14. The molecular weight excluding hydrogens is 112 g/mol. The minimum Gasteiger partial charge on any atom is -0.433 e. The highest BCUT2D eigenvalue weighted by Gasteiger charge is 2.09. The summed E-state index contributed by atoms with van der Waals surface area (Å²) in [7, 11) is 0. The second-order valence-corrected chi connectivity index (χ2v) is 1.95. The molecule has 0 saturated carbocycles. The maximum atomic E-state index is 9.73. The van der Waals surface area contributed by atoms with Gasteiger partial charge >= 0.3 is 0 Å². The van der Waals surface area contributed by atoms with Gasteiger partial charge in [-0.1, -0.05) is 0 Å². The van der Waals surface area contributed by atoms with Gasteiger partial charge in [0.05, 0.1) is 18.3 Å². The summed E-state index contributed by atoms with van der Waals surface area (Å²) in [6.45, 7) is 0. The van der Waals surface area contributed by atoms with E-state index in [9.17, 15) is 4.79 Å². The predicted octanol–water partition coefficient (Wildman–Crippen LogP) is 0.657. The minimum absolute atomic E-state index is 0.194. The van der Waals surface area contributed by atoms with Crippen LogP contribution in [-0.4, -0.2) is 11.5 Å². The second kappa shape index (κ2) is 2.02. The first kappa shape index (κ1) is 4.71. The van der Waals surface area contributed by atoms with Gasteiger partial charge in [-0.05, 0) is 6.08 Å². The number of hydrogen-bond donors (Lipinski definition) is 0. The first-order valence-corrected chi connectivity index (χ1v) is 2.60. The normalized spacial score (nSPS) is 27.1. The lowest BCUT2D eigenvalue weighted by molar-refractivity contribution is 0.556. The van der Waals surface area contributed by atoms with Gasteiger partial charge in [-0.3, -0.25) is 4.79 Å². The Balaban J connectivity index is 2.42. The van der Waals surface area contributed by atoms with Crippen LogP contribution in [0.15, 0.2) is 12.3 Å². The van der Waals surface area contributed by atoms with Crippen molar-refractivity contribution in [3.63, 3.8) is 0 Å². The summed E-state index contributed by atoms with van der Waals surface area (Å²) in [5.74, 6) is 0. The SMILES string of the molecule is O=[C]C1C=COS1. The van der Waals surface area contributed by atoms with Crippen molar-refractivity contribution >= 4 is 18.3 Å². The van der Waals surface area contributed by atoms with Gasteiger partial charge in [0.15, 0.2) is 0 Å². The number of hydrogen-bond acceptors (Lipinski definition) is 3. The molecule has 2 nitrogen and oxygen atoms in total. The van der Waals surface area contributed by atoms with Crippen LogP contribution < -0.4 is 0 Å². The van der Waals surface area contributed by atoms with E-state index in [1.54, 1.807) is 12.4 Å². The van der Waals surface area contributed by atoms with Gasteiger partial charge in [0.1, 0.15) is 5.25 Å². The molecule has 0 N–H and O–H groups in total. The third kappa shape index (κ3) is 0.962. The fraction of sp³-hybridized carbons (Fsp3) is 0.250. The third-order valence-corrected chi connectivity index (χ3v) is 1.27. The van der Waals surface area contributed by atoms with Crippen LogP contribution in [0.4, 0.5) is 0 Å². The number of rotatable bonds is 1. The smallest absolute Gasteiger partial charge is 0.220 e. The molecular formula is C4H3O2S. The van der Waals surface area contributed by atoms with Crippen molar-refractivity contribution < 1.29 is 8.98 Å². The summed E-state index contributed by atoms with van der Waals surface area (Å²) in [6.07, 6.45) is 4.90. The Morgan fingerprint density at radius 1 is 1.86 bits per heavy atom. The molecule has 0 fully saturated rings. The van der Waals surface area contributed by atoms with Gasteiger partial charge in [-0.2, -0.15) is 0 Å². The molecule has 0 spiro atoms. The molecule has 1 atom stereocenters. The maximum Gasteiger partial charge on any atom is 0.220 e. The first-order chi connectivity index (χ1) is 3.43. The van der Waals surface area contributed by atoms with Gasteiger partial charge in [-0.15, -0.1) is 0 Å². The zero-order valence-corrected chi connectivity index (χ0v) is 4.27. The summed E-state index contributed by atoms with van der Waals surface area (Å²) in [5.41, 5.74) is 0. The predicted molar refractivity (Wildman–Crippen MR) is 27.3 cm³/mol. The Labute approximate surface area is 45.7 Å². The van der Waals surface area contributed by atoms with Crippen LogP contribution in [0.5, 0.6) is 0 Å². The molecule has 1 aliphatic heterocycles. The lowest BCUT2D eigenvalue weighted by atomic mass is 10.5. The highest BCUT2D eigenvalue weighted by molar-refractivity contribution is 7.96. The van der Waals surface area contributed by atoms with Crippen LogP contribution in [0.2, 0.25) is 0 Å². The molecule has 0 bridgehead atoms. The molecule has 0 aromatic heterocycles. The standard InChI is InChI=1S/C4H3O2S/c5-3-4-1-2-6-7-4/h1-2,4H. The first-order valence-electron chi connectivity index (χ1n) is 1.80. The molecule has 7 heavy (non-hydrogen) atoms. The van der Waals surface area contributed by atoms with Crippen molar-refractivity contribution in [2.24, 2.45) is 0 Å². The fourth-order valence-electron chi connectivity index (χ4n) is 0.286. The lowest BCUT2D eigenvalue weighted by Gasteiger charge is -1.86. The molecule has 1 heterocycles. The molecule has 37 valence electrons. The Bertz CT molecular complexity index is 99.9. The molecule has 0 aliphatic carbocycles. The van der Waals surface area contributed by atoms with Gasteiger partial charge in [0, 0.05) is 0 Å². The third-order valence-electron chi connectivity index (χ3n) is 0.584. The molecule has 0 saturated heterocycles. The van der Waals surface area contributed by atoms with E-state index in [0.29, 0.717) is 0 Å². The van der Waals surface area contributed by atoms with Crippen molar-refractivity contribution in [1.82, 2.24) is 0 Å². The van der Waals surface area contributed by atoms with E-state index < -0.39 is 0 Å². The maximum absolute atomic E-state index is 9.73. The van der Waals surface area contributed by atoms with Gasteiger partial charge in [0.25, 0.3) is 0 Å². The van der Waals surface area contributed by atoms with Gasteiger partial charge < -0.3 is 4.18 Å². The Morgan fingerprint density at radius 3 is 3.00 bits per heavy atom. The Kier molecular flexibility index (Phi) is 1.36. The monoisotopic (exact) mass is 115 g/mol. The highest BCUT2D eigenvalue weighted by Crippen LogP contribution is 2.18. The molecule has 1 rings (SSSR count). The zero-order chi connectivity index (χ0) is 5.11. The molecule has 0 amide bonds. The molecule has 1 unspecified atom stereocenters. The van der Waals surface area contributed by atoms with E-state index in [1.165, 1.54) is 6.26 Å². The minimum atomic E-state index is -0.194. The zero-order valence-electron chi connectivity index (χ0n) is 3.46. The molecule has 3 heteroatoms. The largest absolute Gasteiger partial charge is 0.433 e. The van der Waals surface area contributed by atoms with E-state index in [-0.39, 0.29) is 5.25 Å². The van der Waals surface area contributed by atoms with Crippen LogP contribution in [0.1, 0.15) is 0 Å². The quantitative estimate of drug-likeness (QED) is 0.469. The topological polar surface area (TPSA) is 26.3 Å². The van der Waals surface area contributed by atoms with E-state index in [2.05, 4.69) is 4.18 Å².